The maximum Gasteiger partial charge on any atom is 0.311 e. The maximum atomic E-state index is 12.3. The van der Waals surface area contributed by atoms with E-state index in [0.29, 0.717) is 25.5 Å². The Labute approximate surface area is 114 Å². The first-order valence-corrected chi connectivity index (χ1v) is 7.07. The first-order valence-electron chi connectivity index (χ1n) is 7.07. The smallest absolute Gasteiger partial charge is 0.311 e. The van der Waals surface area contributed by atoms with Gasteiger partial charge in [0.2, 0.25) is 5.91 Å². The number of hydrogen-bond acceptors (Lipinski definition) is 3. The molecule has 0 aliphatic carbocycles. The van der Waals surface area contributed by atoms with E-state index in [4.69, 9.17) is 4.74 Å². The Morgan fingerprint density at radius 2 is 2.05 bits per heavy atom. The lowest BCUT2D eigenvalue weighted by atomic mass is 10.0. The largest absolute Gasteiger partial charge is 0.481 e. The van der Waals surface area contributed by atoms with E-state index in [2.05, 4.69) is 13.8 Å². The van der Waals surface area contributed by atoms with Crippen LogP contribution in [-0.2, 0) is 14.3 Å². The lowest BCUT2D eigenvalue weighted by Crippen LogP contribution is -2.47. The van der Waals surface area contributed by atoms with E-state index >= 15 is 0 Å². The topological polar surface area (TPSA) is 66.8 Å². The number of carboxylic acids is 1. The molecule has 0 saturated carbocycles. The fraction of sp³-hybridized carbons (Fsp3) is 0.857. The third kappa shape index (κ3) is 4.49. The highest BCUT2D eigenvalue weighted by Gasteiger charge is 2.39. The van der Waals surface area contributed by atoms with E-state index < -0.39 is 11.9 Å². The standard InChI is InChI=1S/C14H25NO4/c1-4-7-15(13(16)6-5-10(2)3)12-9-19-8-11(12)14(17)18/h10-12H,4-9H2,1-3H3,(H,17,18). The van der Waals surface area contributed by atoms with Crippen LogP contribution >= 0.6 is 0 Å². The average Bonchev–Trinajstić information content (AvgIpc) is 2.81. The molecule has 1 fully saturated rings. The van der Waals surface area contributed by atoms with Crippen LogP contribution < -0.4 is 0 Å². The molecule has 110 valence electrons. The van der Waals surface area contributed by atoms with Gasteiger partial charge in [-0.05, 0) is 18.8 Å². The van der Waals surface area contributed by atoms with Crippen molar-refractivity contribution < 1.29 is 19.4 Å². The van der Waals surface area contributed by atoms with E-state index in [-0.39, 0.29) is 18.6 Å². The highest BCUT2D eigenvalue weighted by molar-refractivity contribution is 5.78. The van der Waals surface area contributed by atoms with Crippen molar-refractivity contribution in [3.8, 4) is 0 Å². The predicted molar refractivity (Wildman–Crippen MR) is 71.8 cm³/mol. The van der Waals surface area contributed by atoms with Crippen molar-refractivity contribution in [1.82, 2.24) is 4.90 Å². The molecule has 0 radical (unpaired) electrons. The van der Waals surface area contributed by atoms with Gasteiger partial charge in [0.1, 0.15) is 5.92 Å². The summed E-state index contributed by atoms with van der Waals surface area (Å²) in [5, 5.41) is 9.18. The van der Waals surface area contributed by atoms with Gasteiger partial charge in [-0.1, -0.05) is 20.8 Å². The lowest BCUT2D eigenvalue weighted by Gasteiger charge is -2.30. The molecule has 1 aliphatic rings. The van der Waals surface area contributed by atoms with Gasteiger partial charge in [-0.25, -0.2) is 0 Å². The summed E-state index contributed by atoms with van der Waals surface area (Å²) in [6, 6.07) is -0.308. The van der Waals surface area contributed by atoms with Gasteiger partial charge in [0.25, 0.3) is 0 Å². The van der Waals surface area contributed by atoms with Crippen molar-refractivity contribution in [3.05, 3.63) is 0 Å². The molecular weight excluding hydrogens is 246 g/mol. The fourth-order valence-electron chi connectivity index (χ4n) is 2.36. The van der Waals surface area contributed by atoms with Crippen molar-refractivity contribution in [2.24, 2.45) is 11.8 Å². The van der Waals surface area contributed by atoms with Crippen molar-refractivity contribution in [3.63, 3.8) is 0 Å². The van der Waals surface area contributed by atoms with Gasteiger partial charge in [0.15, 0.2) is 0 Å². The van der Waals surface area contributed by atoms with Crippen molar-refractivity contribution in [1.29, 1.82) is 0 Å². The van der Waals surface area contributed by atoms with Crippen molar-refractivity contribution in [2.45, 2.75) is 46.1 Å². The van der Waals surface area contributed by atoms with E-state index in [9.17, 15) is 14.7 Å². The minimum atomic E-state index is -0.875. The maximum absolute atomic E-state index is 12.3. The minimum Gasteiger partial charge on any atom is -0.481 e. The first kappa shape index (κ1) is 16.0. The Morgan fingerprint density at radius 3 is 2.58 bits per heavy atom. The van der Waals surface area contributed by atoms with Crippen molar-refractivity contribution in [2.75, 3.05) is 19.8 Å². The molecule has 1 amide bonds. The number of aliphatic carboxylic acids is 1. The number of hydrogen-bond donors (Lipinski definition) is 1. The van der Waals surface area contributed by atoms with Gasteiger partial charge >= 0.3 is 5.97 Å². The summed E-state index contributed by atoms with van der Waals surface area (Å²) >= 11 is 0. The molecule has 1 rings (SSSR count). The van der Waals surface area contributed by atoms with E-state index in [1.807, 2.05) is 6.92 Å². The summed E-state index contributed by atoms with van der Waals surface area (Å²) in [6.45, 7) is 7.30. The third-order valence-electron chi connectivity index (χ3n) is 3.49. The second-order valence-electron chi connectivity index (χ2n) is 5.57. The SMILES string of the molecule is CCCN(C(=O)CCC(C)C)C1COCC1C(=O)O. The zero-order valence-corrected chi connectivity index (χ0v) is 12.1. The predicted octanol–water partition coefficient (Wildman–Crippen LogP) is 1.76. The molecule has 5 heteroatoms. The van der Waals surface area contributed by atoms with Crippen molar-refractivity contribution >= 4 is 11.9 Å². The third-order valence-corrected chi connectivity index (χ3v) is 3.49. The van der Waals surface area contributed by atoms with Crippen LogP contribution in [0.5, 0.6) is 0 Å². The van der Waals surface area contributed by atoms with Crippen LogP contribution in [0.25, 0.3) is 0 Å². The monoisotopic (exact) mass is 271 g/mol. The van der Waals surface area contributed by atoms with E-state index in [0.717, 1.165) is 12.8 Å². The minimum absolute atomic E-state index is 0.0531. The Hall–Kier alpha value is -1.10. The number of nitrogens with zero attached hydrogens (tertiary/aromatic N) is 1. The zero-order valence-electron chi connectivity index (χ0n) is 12.1. The number of carbonyl (C=O) groups is 2. The lowest BCUT2D eigenvalue weighted by molar-refractivity contribution is -0.145. The summed E-state index contributed by atoms with van der Waals surface area (Å²) in [5.74, 6) is -0.936. The van der Waals surface area contributed by atoms with Gasteiger partial charge in [-0.3, -0.25) is 9.59 Å². The summed E-state index contributed by atoms with van der Waals surface area (Å²) in [7, 11) is 0. The molecule has 1 aliphatic heterocycles. The molecule has 2 atom stereocenters. The summed E-state index contributed by atoms with van der Waals surface area (Å²) < 4.78 is 5.26. The van der Waals surface area contributed by atoms with Crippen LogP contribution in [0, 0.1) is 11.8 Å². The molecular formula is C14H25NO4. The highest BCUT2D eigenvalue weighted by atomic mass is 16.5. The molecule has 0 spiro atoms. The zero-order chi connectivity index (χ0) is 14.4. The normalized spacial score (nSPS) is 22.7. The second-order valence-corrected chi connectivity index (χ2v) is 5.57. The fourth-order valence-corrected chi connectivity index (χ4v) is 2.36. The van der Waals surface area contributed by atoms with Crippen LogP contribution in [0.2, 0.25) is 0 Å². The van der Waals surface area contributed by atoms with Gasteiger partial charge < -0.3 is 14.7 Å². The van der Waals surface area contributed by atoms with E-state index in [1.54, 1.807) is 4.90 Å². The summed E-state index contributed by atoms with van der Waals surface area (Å²) in [4.78, 5) is 25.2. The number of carbonyl (C=O) groups excluding carboxylic acids is 1. The molecule has 0 aromatic carbocycles. The summed E-state index contributed by atoms with van der Waals surface area (Å²) in [5.41, 5.74) is 0. The number of amides is 1. The second kappa shape index (κ2) is 7.48. The molecule has 0 aromatic heterocycles. The molecule has 0 aromatic rings. The Morgan fingerprint density at radius 1 is 1.37 bits per heavy atom. The van der Waals surface area contributed by atoms with Gasteiger partial charge in [0, 0.05) is 13.0 Å². The van der Waals surface area contributed by atoms with Crippen LogP contribution in [0.4, 0.5) is 0 Å². The molecule has 5 nitrogen and oxygen atoms in total. The average molecular weight is 271 g/mol. The van der Waals surface area contributed by atoms with Gasteiger partial charge in [-0.15, -0.1) is 0 Å². The number of rotatable bonds is 7. The highest BCUT2D eigenvalue weighted by Crippen LogP contribution is 2.22. The van der Waals surface area contributed by atoms with Crippen LogP contribution in [0.3, 0.4) is 0 Å². The summed E-state index contributed by atoms with van der Waals surface area (Å²) in [6.07, 6.45) is 2.15. The van der Waals surface area contributed by atoms with Crippen LogP contribution in [-0.4, -0.2) is 47.7 Å². The molecule has 19 heavy (non-hydrogen) atoms. The molecule has 1 saturated heterocycles. The van der Waals surface area contributed by atoms with Gasteiger partial charge in [-0.2, -0.15) is 0 Å². The van der Waals surface area contributed by atoms with Gasteiger partial charge in [0.05, 0.1) is 19.3 Å². The van der Waals surface area contributed by atoms with Crippen LogP contribution in [0.1, 0.15) is 40.0 Å². The Bertz CT molecular complexity index is 317. The molecule has 0 bridgehead atoms. The molecule has 1 N–H and O–H groups in total. The Balaban J connectivity index is 2.70. The van der Waals surface area contributed by atoms with E-state index in [1.165, 1.54) is 0 Å². The quantitative estimate of drug-likeness (QED) is 0.766. The molecule has 2 unspecified atom stereocenters. The van der Waals surface area contributed by atoms with Crippen LogP contribution in [0.15, 0.2) is 0 Å². The first-order chi connectivity index (χ1) is 8.97. The number of ether oxygens (including phenoxy) is 1. The Kier molecular flexibility index (Phi) is 6.28. The molecule has 1 heterocycles. The number of carboxylic acid groups (broad SMARTS) is 1.